The third-order valence-electron chi connectivity index (χ3n) is 4.32. The summed E-state index contributed by atoms with van der Waals surface area (Å²) in [4.78, 5) is 24.1. The van der Waals surface area contributed by atoms with Crippen LogP contribution in [0.4, 0.5) is 5.69 Å². The van der Waals surface area contributed by atoms with E-state index >= 15 is 0 Å². The molecule has 1 aliphatic rings. The number of carbonyl (C=O) groups is 2. The lowest BCUT2D eigenvalue weighted by Gasteiger charge is -2.12. The van der Waals surface area contributed by atoms with E-state index in [0.29, 0.717) is 35.7 Å². The molecule has 142 valence electrons. The van der Waals surface area contributed by atoms with E-state index < -0.39 is 0 Å². The zero-order valence-corrected chi connectivity index (χ0v) is 15.4. The zero-order valence-electron chi connectivity index (χ0n) is 15.4. The van der Waals surface area contributed by atoms with Crippen LogP contribution in [0, 0.1) is 0 Å². The van der Waals surface area contributed by atoms with Gasteiger partial charge in [-0.05, 0) is 68.3 Å². The fraction of sp³-hybridized carbons (Fsp3) is 0.333. The number of anilines is 1. The summed E-state index contributed by atoms with van der Waals surface area (Å²) in [6.45, 7) is 3.77. The van der Waals surface area contributed by atoms with Crippen molar-refractivity contribution in [3.05, 3.63) is 59.7 Å². The molecule has 2 aromatic rings. The van der Waals surface area contributed by atoms with Gasteiger partial charge in [0.15, 0.2) is 0 Å². The first-order valence-electron chi connectivity index (χ1n) is 9.20. The summed E-state index contributed by atoms with van der Waals surface area (Å²) in [6.07, 6.45) is 2.27. The summed E-state index contributed by atoms with van der Waals surface area (Å²) in [5, 5.41) is 5.56. The first-order valence-corrected chi connectivity index (χ1v) is 9.20. The highest BCUT2D eigenvalue weighted by Gasteiger charge is 2.16. The lowest BCUT2D eigenvalue weighted by atomic mass is 10.1. The van der Waals surface area contributed by atoms with Crippen LogP contribution in [0.2, 0.25) is 0 Å². The van der Waals surface area contributed by atoms with Crippen LogP contribution in [-0.4, -0.2) is 37.7 Å². The Labute approximate surface area is 158 Å². The largest absolute Gasteiger partial charge is 0.491 e. The number of amides is 2. The maximum Gasteiger partial charge on any atom is 0.255 e. The van der Waals surface area contributed by atoms with E-state index in [-0.39, 0.29) is 17.9 Å². The molecule has 3 rings (SSSR count). The molecule has 0 saturated carbocycles. The van der Waals surface area contributed by atoms with Gasteiger partial charge in [0.25, 0.3) is 11.8 Å². The number of carbonyl (C=O) groups excluding carboxylic acids is 2. The van der Waals surface area contributed by atoms with Gasteiger partial charge in [0.1, 0.15) is 12.4 Å². The summed E-state index contributed by atoms with van der Waals surface area (Å²) in [7, 11) is 0. The zero-order chi connectivity index (χ0) is 19.1. The molecule has 6 nitrogen and oxygen atoms in total. The summed E-state index contributed by atoms with van der Waals surface area (Å²) >= 11 is 0. The molecule has 0 radical (unpaired) electrons. The van der Waals surface area contributed by atoms with Gasteiger partial charge in [0, 0.05) is 30.0 Å². The first-order chi connectivity index (χ1) is 13.2. The minimum absolute atomic E-state index is 0.131. The Balaban J connectivity index is 1.53. The SMILES string of the molecule is CCNC(=O)c1ccc(NC(=O)c2ccc(OCC3CCCO3)cc2)cc1. The predicted octanol–water partition coefficient (Wildman–Crippen LogP) is 3.25. The van der Waals surface area contributed by atoms with Crippen LogP contribution in [0.5, 0.6) is 5.75 Å². The van der Waals surface area contributed by atoms with Crippen molar-refractivity contribution in [2.75, 3.05) is 25.1 Å². The number of rotatable bonds is 7. The van der Waals surface area contributed by atoms with Crippen molar-refractivity contribution in [2.24, 2.45) is 0 Å². The lowest BCUT2D eigenvalue weighted by molar-refractivity contribution is 0.0679. The van der Waals surface area contributed by atoms with Crippen molar-refractivity contribution in [3.8, 4) is 5.75 Å². The molecule has 2 amide bonds. The first kappa shape index (κ1) is 18.9. The average Bonchev–Trinajstić information content (AvgIpc) is 3.21. The molecule has 0 bridgehead atoms. The van der Waals surface area contributed by atoms with E-state index in [0.717, 1.165) is 19.4 Å². The Kier molecular flexibility index (Phi) is 6.44. The summed E-state index contributed by atoms with van der Waals surface area (Å²) in [6, 6.07) is 13.8. The Morgan fingerprint density at radius 1 is 1.04 bits per heavy atom. The van der Waals surface area contributed by atoms with Crippen LogP contribution in [-0.2, 0) is 4.74 Å². The van der Waals surface area contributed by atoms with Crippen LogP contribution in [0.15, 0.2) is 48.5 Å². The second-order valence-electron chi connectivity index (χ2n) is 6.36. The minimum atomic E-state index is -0.216. The molecule has 27 heavy (non-hydrogen) atoms. The van der Waals surface area contributed by atoms with Gasteiger partial charge in [-0.1, -0.05) is 0 Å². The van der Waals surface area contributed by atoms with Crippen molar-refractivity contribution in [3.63, 3.8) is 0 Å². The van der Waals surface area contributed by atoms with Gasteiger partial charge in [-0.2, -0.15) is 0 Å². The summed E-state index contributed by atoms with van der Waals surface area (Å²) in [5.74, 6) is 0.369. The molecule has 0 aromatic heterocycles. The standard InChI is InChI=1S/C21H24N2O4/c1-2-22-20(24)15-5-9-17(10-6-15)23-21(25)16-7-11-18(12-8-16)27-14-19-4-3-13-26-19/h5-12,19H,2-4,13-14H2,1H3,(H,22,24)(H,23,25). The van der Waals surface area contributed by atoms with Gasteiger partial charge in [0.2, 0.25) is 0 Å². The second kappa shape index (κ2) is 9.19. The fourth-order valence-electron chi connectivity index (χ4n) is 2.84. The van der Waals surface area contributed by atoms with Crippen LogP contribution < -0.4 is 15.4 Å². The van der Waals surface area contributed by atoms with Crippen LogP contribution in [0.3, 0.4) is 0 Å². The number of ether oxygens (including phenoxy) is 2. The van der Waals surface area contributed by atoms with Crippen molar-refractivity contribution < 1.29 is 19.1 Å². The molecule has 0 spiro atoms. The average molecular weight is 368 g/mol. The van der Waals surface area contributed by atoms with E-state index in [2.05, 4.69) is 10.6 Å². The normalized spacial score (nSPS) is 16.0. The number of hydrogen-bond donors (Lipinski definition) is 2. The van der Waals surface area contributed by atoms with E-state index in [1.807, 2.05) is 6.92 Å². The Hall–Kier alpha value is -2.86. The fourth-order valence-corrected chi connectivity index (χ4v) is 2.84. The highest BCUT2D eigenvalue weighted by molar-refractivity contribution is 6.04. The highest BCUT2D eigenvalue weighted by atomic mass is 16.5. The molecular formula is C21H24N2O4. The number of benzene rings is 2. The topological polar surface area (TPSA) is 76.7 Å². The molecule has 1 atom stereocenters. The van der Waals surface area contributed by atoms with Crippen molar-refractivity contribution in [2.45, 2.75) is 25.9 Å². The molecule has 1 aliphatic heterocycles. The van der Waals surface area contributed by atoms with E-state index in [9.17, 15) is 9.59 Å². The maximum absolute atomic E-state index is 12.4. The van der Waals surface area contributed by atoms with Gasteiger partial charge in [0.05, 0.1) is 6.10 Å². The smallest absolute Gasteiger partial charge is 0.255 e. The molecule has 1 saturated heterocycles. The van der Waals surface area contributed by atoms with E-state index in [1.54, 1.807) is 48.5 Å². The Bertz CT molecular complexity index is 766. The molecule has 0 aliphatic carbocycles. The van der Waals surface area contributed by atoms with Crippen LogP contribution in [0.25, 0.3) is 0 Å². The summed E-state index contributed by atoms with van der Waals surface area (Å²) < 4.78 is 11.2. The van der Waals surface area contributed by atoms with Gasteiger partial charge < -0.3 is 20.1 Å². The third kappa shape index (κ3) is 5.31. The number of nitrogens with one attached hydrogen (secondary N) is 2. The molecule has 6 heteroatoms. The molecule has 1 unspecified atom stereocenters. The quantitative estimate of drug-likeness (QED) is 0.787. The lowest BCUT2D eigenvalue weighted by Crippen LogP contribution is -2.22. The molecule has 1 fully saturated rings. The van der Waals surface area contributed by atoms with Crippen LogP contribution in [0.1, 0.15) is 40.5 Å². The van der Waals surface area contributed by atoms with Crippen molar-refractivity contribution in [1.29, 1.82) is 0 Å². The number of hydrogen-bond acceptors (Lipinski definition) is 4. The molecule has 2 aromatic carbocycles. The van der Waals surface area contributed by atoms with Gasteiger partial charge in [-0.15, -0.1) is 0 Å². The van der Waals surface area contributed by atoms with E-state index in [4.69, 9.17) is 9.47 Å². The molecule has 1 heterocycles. The molecular weight excluding hydrogens is 344 g/mol. The summed E-state index contributed by atoms with van der Waals surface area (Å²) in [5.41, 5.74) is 1.72. The van der Waals surface area contributed by atoms with E-state index in [1.165, 1.54) is 0 Å². The monoisotopic (exact) mass is 368 g/mol. The maximum atomic E-state index is 12.4. The van der Waals surface area contributed by atoms with Crippen molar-refractivity contribution in [1.82, 2.24) is 5.32 Å². The van der Waals surface area contributed by atoms with Crippen LogP contribution >= 0.6 is 0 Å². The highest BCUT2D eigenvalue weighted by Crippen LogP contribution is 2.17. The van der Waals surface area contributed by atoms with Gasteiger partial charge >= 0.3 is 0 Å². The Morgan fingerprint density at radius 2 is 1.70 bits per heavy atom. The van der Waals surface area contributed by atoms with Crippen molar-refractivity contribution >= 4 is 17.5 Å². The second-order valence-corrected chi connectivity index (χ2v) is 6.36. The Morgan fingerprint density at radius 3 is 2.33 bits per heavy atom. The van der Waals surface area contributed by atoms with Gasteiger partial charge in [-0.25, -0.2) is 0 Å². The third-order valence-corrected chi connectivity index (χ3v) is 4.32. The molecule has 2 N–H and O–H groups in total. The van der Waals surface area contributed by atoms with Gasteiger partial charge in [-0.3, -0.25) is 9.59 Å². The minimum Gasteiger partial charge on any atom is -0.491 e. The predicted molar refractivity (Wildman–Crippen MR) is 103 cm³/mol.